The molecule has 1 atom stereocenters. The van der Waals surface area contributed by atoms with E-state index in [1.807, 2.05) is 12.1 Å². The lowest BCUT2D eigenvalue weighted by Gasteiger charge is -2.49. The quantitative estimate of drug-likeness (QED) is 0.891. The summed E-state index contributed by atoms with van der Waals surface area (Å²) in [6, 6.07) is 8.15. The lowest BCUT2D eigenvalue weighted by molar-refractivity contribution is -0.182. The van der Waals surface area contributed by atoms with E-state index in [0.29, 0.717) is 0 Å². The van der Waals surface area contributed by atoms with Crippen molar-refractivity contribution < 1.29 is 4.74 Å². The van der Waals surface area contributed by atoms with Crippen molar-refractivity contribution in [2.45, 2.75) is 56.7 Å². The molecule has 2 fully saturated rings. The molecule has 2 aliphatic rings. The predicted octanol–water partition coefficient (Wildman–Crippen LogP) is 3.96. The van der Waals surface area contributed by atoms with E-state index in [1.54, 1.807) is 0 Å². The fourth-order valence-electron chi connectivity index (χ4n) is 3.76. The number of nitrogens with one attached hydrogen (secondary N) is 1. The highest BCUT2D eigenvalue weighted by Crippen LogP contribution is 2.38. The number of hydrogen-bond acceptors (Lipinski definition) is 2. The highest BCUT2D eigenvalue weighted by Gasteiger charge is 2.43. The summed E-state index contributed by atoms with van der Waals surface area (Å²) in [6.07, 6.45) is 7.32. The van der Waals surface area contributed by atoms with E-state index in [-0.39, 0.29) is 11.2 Å². The molecule has 1 saturated heterocycles. The Morgan fingerprint density at radius 1 is 1.10 bits per heavy atom. The van der Waals surface area contributed by atoms with Gasteiger partial charge in [-0.3, -0.25) is 0 Å². The summed E-state index contributed by atoms with van der Waals surface area (Å²) in [7, 11) is 0. The molecule has 0 aromatic heterocycles. The fraction of sp³-hybridized carbons (Fsp3) is 0.647. The second kappa shape index (κ2) is 5.67. The van der Waals surface area contributed by atoms with Gasteiger partial charge in [0.1, 0.15) is 0 Å². The van der Waals surface area contributed by atoms with E-state index in [4.69, 9.17) is 16.3 Å². The number of benzene rings is 1. The maximum Gasteiger partial charge on any atom is 0.0826 e. The monoisotopic (exact) mass is 293 g/mol. The van der Waals surface area contributed by atoms with Crippen molar-refractivity contribution in [1.82, 2.24) is 5.32 Å². The molecular formula is C17H24ClNO. The van der Waals surface area contributed by atoms with E-state index in [1.165, 1.54) is 37.7 Å². The summed E-state index contributed by atoms with van der Waals surface area (Å²) in [5.74, 6) is 0. The molecule has 1 spiro atoms. The summed E-state index contributed by atoms with van der Waals surface area (Å²) in [4.78, 5) is 0. The average molecular weight is 294 g/mol. The van der Waals surface area contributed by atoms with Crippen molar-refractivity contribution in [3.63, 3.8) is 0 Å². The smallest absolute Gasteiger partial charge is 0.0826 e. The van der Waals surface area contributed by atoms with Gasteiger partial charge in [-0.15, -0.1) is 0 Å². The van der Waals surface area contributed by atoms with Crippen LogP contribution in [0.1, 0.15) is 44.6 Å². The van der Waals surface area contributed by atoms with Crippen molar-refractivity contribution in [3.8, 4) is 0 Å². The molecule has 2 nitrogen and oxygen atoms in total. The Morgan fingerprint density at radius 2 is 1.80 bits per heavy atom. The standard InChI is InChI=1S/C17H24ClNO/c1-16(11-14-5-7-15(18)8-6-14)12-19-13-17(20-16)9-3-2-4-10-17/h5-8,19H,2-4,9-13H2,1H3. The Morgan fingerprint density at radius 3 is 2.50 bits per heavy atom. The third-order valence-electron chi connectivity index (χ3n) is 4.67. The topological polar surface area (TPSA) is 21.3 Å². The van der Waals surface area contributed by atoms with Crippen LogP contribution < -0.4 is 5.32 Å². The van der Waals surface area contributed by atoms with Crippen LogP contribution in [0, 0.1) is 0 Å². The van der Waals surface area contributed by atoms with E-state index in [9.17, 15) is 0 Å². The molecule has 0 bridgehead atoms. The van der Waals surface area contributed by atoms with Crippen LogP contribution in [0.25, 0.3) is 0 Å². The number of halogens is 1. The van der Waals surface area contributed by atoms with Crippen LogP contribution in [0.15, 0.2) is 24.3 Å². The first-order valence-corrected chi connectivity index (χ1v) is 8.12. The number of morpholine rings is 1. The molecule has 20 heavy (non-hydrogen) atoms. The van der Waals surface area contributed by atoms with Gasteiger partial charge in [0, 0.05) is 24.5 Å². The maximum atomic E-state index is 6.64. The number of hydrogen-bond donors (Lipinski definition) is 1. The van der Waals surface area contributed by atoms with Gasteiger partial charge in [0.15, 0.2) is 0 Å². The lowest BCUT2D eigenvalue weighted by atomic mass is 9.81. The zero-order valence-electron chi connectivity index (χ0n) is 12.3. The fourth-order valence-corrected chi connectivity index (χ4v) is 3.88. The number of ether oxygens (including phenoxy) is 1. The Kier molecular flexibility index (Phi) is 4.07. The Balaban J connectivity index is 1.72. The molecule has 0 radical (unpaired) electrons. The SMILES string of the molecule is CC1(Cc2ccc(Cl)cc2)CNCC2(CCCCC2)O1. The van der Waals surface area contributed by atoms with Gasteiger partial charge < -0.3 is 10.1 Å². The van der Waals surface area contributed by atoms with Crippen LogP contribution in [0.4, 0.5) is 0 Å². The largest absolute Gasteiger partial charge is 0.366 e. The minimum Gasteiger partial charge on any atom is -0.366 e. The van der Waals surface area contributed by atoms with Crippen molar-refractivity contribution in [2.24, 2.45) is 0 Å². The molecule has 1 N–H and O–H groups in total. The van der Waals surface area contributed by atoms with Gasteiger partial charge in [-0.2, -0.15) is 0 Å². The first-order chi connectivity index (χ1) is 9.59. The molecule has 1 aliphatic carbocycles. The van der Waals surface area contributed by atoms with Gasteiger partial charge in [-0.1, -0.05) is 43.0 Å². The zero-order chi connectivity index (χ0) is 14.1. The van der Waals surface area contributed by atoms with Crippen LogP contribution in [0.2, 0.25) is 5.02 Å². The molecule has 3 rings (SSSR count). The van der Waals surface area contributed by atoms with Gasteiger partial charge in [-0.25, -0.2) is 0 Å². The number of rotatable bonds is 2. The molecule has 1 aromatic carbocycles. The molecule has 1 aromatic rings. The molecule has 1 heterocycles. The van der Waals surface area contributed by atoms with Crippen LogP contribution in [-0.2, 0) is 11.2 Å². The van der Waals surface area contributed by atoms with E-state index in [2.05, 4.69) is 24.4 Å². The van der Waals surface area contributed by atoms with Crippen molar-refractivity contribution >= 4 is 11.6 Å². The summed E-state index contributed by atoms with van der Waals surface area (Å²) in [5, 5.41) is 4.41. The second-order valence-electron chi connectivity index (χ2n) is 6.70. The molecule has 1 unspecified atom stereocenters. The third kappa shape index (κ3) is 3.19. The molecule has 0 amide bonds. The van der Waals surface area contributed by atoms with Crippen LogP contribution in [-0.4, -0.2) is 24.3 Å². The maximum absolute atomic E-state index is 6.64. The predicted molar refractivity (Wildman–Crippen MR) is 83.3 cm³/mol. The Labute approximate surface area is 126 Å². The van der Waals surface area contributed by atoms with E-state index in [0.717, 1.165) is 24.5 Å². The van der Waals surface area contributed by atoms with Gasteiger partial charge in [-0.05, 0) is 37.5 Å². The van der Waals surface area contributed by atoms with Crippen LogP contribution in [0.3, 0.4) is 0 Å². The first-order valence-electron chi connectivity index (χ1n) is 7.75. The first kappa shape index (κ1) is 14.4. The minimum atomic E-state index is -0.108. The Hall–Kier alpha value is -0.570. The van der Waals surface area contributed by atoms with E-state index >= 15 is 0 Å². The molecular weight excluding hydrogens is 270 g/mol. The average Bonchev–Trinajstić information content (AvgIpc) is 2.42. The van der Waals surface area contributed by atoms with E-state index < -0.39 is 0 Å². The molecule has 3 heteroatoms. The lowest BCUT2D eigenvalue weighted by Crippen LogP contribution is -2.60. The van der Waals surface area contributed by atoms with Crippen molar-refractivity contribution in [1.29, 1.82) is 0 Å². The van der Waals surface area contributed by atoms with Crippen molar-refractivity contribution in [2.75, 3.05) is 13.1 Å². The summed E-state index contributed by atoms with van der Waals surface area (Å²) in [6.45, 7) is 4.19. The molecule has 110 valence electrons. The molecule has 1 aliphatic heterocycles. The highest BCUT2D eigenvalue weighted by atomic mass is 35.5. The minimum absolute atomic E-state index is 0.0810. The van der Waals surface area contributed by atoms with Crippen LogP contribution in [0.5, 0.6) is 0 Å². The van der Waals surface area contributed by atoms with Crippen molar-refractivity contribution in [3.05, 3.63) is 34.9 Å². The normalized spacial score (nSPS) is 29.5. The summed E-state index contributed by atoms with van der Waals surface area (Å²) >= 11 is 5.96. The van der Waals surface area contributed by atoms with Crippen LogP contribution >= 0.6 is 11.6 Å². The third-order valence-corrected chi connectivity index (χ3v) is 4.92. The zero-order valence-corrected chi connectivity index (χ0v) is 13.0. The summed E-state index contributed by atoms with van der Waals surface area (Å²) < 4.78 is 6.64. The van der Waals surface area contributed by atoms with Gasteiger partial charge in [0.05, 0.1) is 11.2 Å². The molecule has 1 saturated carbocycles. The van der Waals surface area contributed by atoms with Gasteiger partial charge in [0.2, 0.25) is 0 Å². The Bertz CT molecular complexity index is 447. The summed E-state index contributed by atoms with van der Waals surface area (Å²) in [5.41, 5.74) is 1.27. The van der Waals surface area contributed by atoms with Gasteiger partial charge >= 0.3 is 0 Å². The second-order valence-corrected chi connectivity index (χ2v) is 7.14. The highest BCUT2D eigenvalue weighted by molar-refractivity contribution is 6.30. The van der Waals surface area contributed by atoms with Gasteiger partial charge in [0.25, 0.3) is 0 Å².